The zero-order valence-corrected chi connectivity index (χ0v) is 56.5. The van der Waals surface area contributed by atoms with Crippen LogP contribution < -0.4 is 26.6 Å². The summed E-state index contributed by atoms with van der Waals surface area (Å²) in [5.41, 5.74) is 0. The maximum Gasteiger partial charge on any atom is 0.326 e. The molecule has 0 aliphatic carbocycles. The molecule has 23 heteroatoms. The number of aliphatic hydroxyl groups is 1. The molecule has 1 aliphatic heterocycles. The summed E-state index contributed by atoms with van der Waals surface area (Å²) in [5, 5.41) is 25.8. The first-order valence-corrected chi connectivity index (χ1v) is 31.0. The quantitative estimate of drug-likeness (QED) is 0.0946. The SMILES string of the molecule is C/C=C/C[C@H](C)[C@H](O)[C@@H]1NC(=O)[C@H](C(C)C)N(C)C(=O)[C@H](CC(C)C)NC(=O)[C@H](CC(C)C)N(C)C(=O)[C@H](C(C)C)OC(=O)CNC(=O)[C@H](CC(C)C)N(C)C(=O)[C@H](CC(C)C)NC(=O)[C@H](C(C)C)N(C)C(=O)[C@@H](C)N(C)C(=O)[C@H](C(C)C)NC1=O. The molecule has 1 rings (SSSR count). The second-order valence-corrected chi connectivity index (χ2v) is 26.8. The van der Waals surface area contributed by atoms with Crippen molar-refractivity contribution in [2.75, 3.05) is 41.8 Å². The molecule has 0 aromatic carbocycles. The molecular weight excluding hydrogens is 1100 g/mol. The molecule has 1 aliphatic rings. The highest BCUT2D eigenvalue weighted by Crippen LogP contribution is 2.23. The van der Waals surface area contributed by atoms with Gasteiger partial charge in [-0.1, -0.05) is 130 Å². The molecule has 0 radical (unpaired) electrons. The van der Waals surface area contributed by atoms with Crippen LogP contribution in [-0.2, 0) is 57.5 Å². The van der Waals surface area contributed by atoms with E-state index in [-0.39, 0.29) is 49.4 Å². The van der Waals surface area contributed by atoms with Crippen LogP contribution in [0.25, 0.3) is 0 Å². The number of nitrogens with one attached hydrogen (secondary N) is 5. The third-order valence-corrected chi connectivity index (χ3v) is 15.9. The van der Waals surface area contributed by atoms with E-state index in [9.17, 15) is 57.8 Å². The summed E-state index contributed by atoms with van der Waals surface area (Å²) in [5.74, 6) is -11.8. The van der Waals surface area contributed by atoms with Crippen molar-refractivity contribution in [2.24, 2.45) is 53.3 Å². The number of carbonyl (C=O) groups is 11. The predicted molar refractivity (Wildman–Crippen MR) is 331 cm³/mol. The van der Waals surface area contributed by atoms with E-state index in [0.29, 0.717) is 6.42 Å². The second-order valence-electron chi connectivity index (χ2n) is 26.8. The molecular formula is C63H112N10O13. The maximum absolute atomic E-state index is 14.9. The lowest BCUT2D eigenvalue weighted by molar-refractivity contribution is -0.164. The van der Waals surface area contributed by atoms with E-state index in [4.69, 9.17) is 4.74 Å². The molecule has 12 atom stereocenters. The zero-order chi connectivity index (χ0) is 66.7. The minimum Gasteiger partial charge on any atom is -0.451 e. The first-order valence-electron chi connectivity index (χ1n) is 31.0. The summed E-state index contributed by atoms with van der Waals surface area (Å²) >= 11 is 0. The van der Waals surface area contributed by atoms with Crippen LogP contribution in [0.1, 0.15) is 164 Å². The van der Waals surface area contributed by atoms with E-state index < -0.39 is 168 Å². The van der Waals surface area contributed by atoms with Gasteiger partial charge in [-0.05, 0) is 99.2 Å². The molecule has 0 aromatic heterocycles. The number of hydrogen-bond acceptors (Lipinski definition) is 13. The van der Waals surface area contributed by atoms with Crippen LogP contribution in [0.2, 0.25) is 0 Å². The number of hydrogen-bond donors (Lipinski definition) is 6. The van der Waals surface area contributed by atoms with Gasteiger partial charge in [0, 0.05) is 35.2 Å². The number of likely N-dealkylation sites (N-methyl/N-ethyl adjacent to an activating group) is 5. The molecule has 6 N–H and O–H groups in total. The van der Waals surface area contributed by atoms with Crippen molar-refractivity contribution in [3.8, 4) is 0 Å². The van der Waals surface area contributed by atoms with Gasteiger partial charge in [-0.2, -0.15) is 0 Å². The van der Waals surface area contributed by atoms with Crippen LogP contribution in [0.5, 0.6) is 0 Å². The summed E-state index contributed by atoms with van der Waals surface area (Å²) in [6.45, 7) is 32.5. The van der Waals surface area contributed by atoms with E-state index in [1.165, 1.54) is 61.8 Å². The van der Waals surface area contributed by atoms with Gasteiger partial charge in [-0.3, -0.25) is 52.7 Å². The molecule has 1 heterocycles. The number of rotatable bonds is 16. The summed E-state index contributed by atoms with van der Waals surface area (Å²) in [4.78, 5) is 166. The maximum atomic E-state index is 14.9. The number of aliphatic hydroxyl groups excluding tert-OH is 1. The van der Waals surface area contributed by atoms with E-state index in [1.807, 2.05) is 55.4 Å². The van der Waals surface area contributed by atoms with Crippen molar-refractivity contribution in [2.45, 2.75) is 230 Å². The standard InChI is InChI=1S/C63H112N10O13/c1-25-26-27-41(18)52(75)49-56(78)67-48(37(10)11)62(84)69(20)42(19)59(81)72(23)50(38(12)13)57(79)66-43(28-33(2)3)60(82)70(21)45(30-35(6)7)54(76)64-32-47(74)86-53(40(16)17)63(85)71(22)46(31-36(8)9)55(77)65-44(29-34(4)5)61(83)73(24)51(39(14)15)58(80)68-49/h25-26,33-46,48-53,75H,27-32H2,1-24H3,(H,64,76)(H,65,77)(H,66,79)(H,67,78)(H,68,80)/b26-25+/t41-,42+,43-,44-,45-,46-,48-,49-,50-,51-,52-,53-/m0/s1. The van der Waals surface area contributed by atoms with Gasteiger partial charge < -0.3 is 60.9 Å². The molecule has 10 amide bonds. The number of amides is 10. The van der Waals surface area contributed by atoms with Crippen molar-refractivity contribution >= 4 is 65.0 Å². The fourth-order valence-corrected chi connectivity index (χ4v) is 10.7. The molecule has 0 unspecified atom stereocenters. The molecule has 1 fully saturated rings. The highest BCUT2D eigenvalue weighted by molar-refractivity contribution is 5.99. The average Bonchev–Trinajstić information content (AvgIpc) is 3.55. The Kier molecular flexibility index (Phi) is 32.3. The average molecular weight is 1220 g/mol. The Bertz CT molecular complexity index is 2340. The highest BCUT2D eigenvalue weighted by Gasteiger charge is 2.44. The Balaban J connectivity index is 4.34. The third kappa shape index (κ3) is 22.5. The summed E-state index contributed by atoms with van der Waals surface area (Å²) < 4.78 is 5.78. The minimum atomic E-state index is -1.69. The van der Waals surface area contributed by atoms with Crippen molar-refractivity contribution in [1.29, 1.82) is 0 Å². The summed E-state index contributed by atoms with van der Waals surface area (Å²) in [6.07, 6.45) is 1.38. The molecule has 23 nitrogen and oxygen atoms in total. The summed E-state index contributed by atoms with van der Waals surface area (Å²) in [7, 11) is 7.02. The number of esters is 1. The molecule has 0 aromatic rings. The Hall–Kier alpha value is -6.13. The first kappa shape index (κ1) is 77.9. The topological polar surface area (TPSA) is 294 Å². The van der Waals surface area contributed by atoms with Crippen LogP contribution in [0, 0.1) is 53.3 Å². The Morgan fingerprint density at radius 2 is 0.872 bits per heavy atom. The number of cyclic esters (lactones) is 1. The van der Waals surface area contributed by atoms with Crippen LogP contribution >= 0.6 is 0 Å². The molecule has 0 spiro atoms. The van der Waals surface area contributed by atoms with Gasteiger partial charge in [-0.15, -0.1) is 0 Å². The van der Waals surface area contributed by atoms with E-state index in [0.717, 1.165) is 4.90 Å². The van der Waals surface area contributed by atoms with E-state index in [1.54, 1.807) is 81.4 Å². The van der Waals surface area contributed by atoms with E-state index in [2.05, 4.69) is 26.6 Å². The molecule has 1 saturated heterocycles. The van der Waals surface area contributed by atoms with Gasteiger partial charge in [0.1, 0.15) is 60.9 Å². The third-order valence-electron chi connectivity index (χ3n) is 15.9. The molecule has 492 valence electrons. The van der Waals surface area contributed by atoms with E-state index >= 15 is 0 Å². The van der Waals surface area contributed by atoms with Crippen molar-refractivity contribution in [3.05, 3.63) is 12.2 Å². The number of allylic oxidation sites excluding steroid dienone is 2. The number of carbonyl (C=O) groups excluding carboxylic acids is 11. The number of nitrogens with zero attached hydrogens (tertiary/aromatic N) is 5. The fraction of sp³-hybridized carbons (Fsp3) is 0.794. The van der Waals surface area contributed by atoms with Gasteiger partial charge in [0.25, 0.3) is 5.91 Å². The van der Waals surface area contributed by atoms with Crippen LogP contribution in [0.4, 0.5) is 0 Å². The van der Waals surface area contributed by atoms with Crippen LogP contribution in [-0.4, -0.2) is 203 Å². The Morgan fingerprint density at radius 3 is 1.30 bits per heavy atom. The van der Waals surface area contributed by atoms with Crippen molar-refractivity contribution < 1.29 is 62.6 Å². The lowest BCUT2D eigenvalue weighted by Crippen LogP contribution is -2.64. The lowest BCUT2D eigenvalue weighted by atomic mass is 9.92. The van der Waals surface area contributed by atoms with Gasteiger partial charge in [0.05, 0.1) is 6.10 Å². The monoisotopic (exact) mass is 1220 g/mol. The first-order chi connectivity index (χ1) is 39.7. The second kappa shape index (κ2) is 35.6. The van der Waals surface area contributed by atoms with Crippen LogP contribution in [0.15, 0.2) is 12.2 Å². The van der Waals surface area contributed by atoms with Crippen molar-refractivity contribution in [3.63, 3.8) is 0 Å². The molecule has 0 saturated carbocycles. The molecule has 0 bridgehead atoms. The Morgan fingerprint density at radius 1 is 0.465 bits per heavy atom. The van der Waals surface area contributed by atoms with Gasteiger partial charge in [0.15, 0.2) is 6.10 Å². The minimum absolute atomic E-state index is 0.102. The van der Waals surface area contributed by atoms with Crippen molar-refractivity contribution in [1.82, 2.24) is 51.1 Å². The number of ether oxygens (including phenoxy) is 1. The van der Waals surface area contributed by atoms with Gasteiger partial charge in [-0.25, -0.2) is 0 Å². The normalized spacial score (nSPS) is 26.6. The fourth-order valence-electron chi connectivity index (χ4n) is 10.7. The van der Waals surface area contributed by atoms with Gasteiger partial charge in [0.2, 0.25) is 53.2 Å². The summed E-state index contributed by atoms with van der Waals surface area (Å²) in [6, 6.07) is -11.5. The predicted octanol–water partition coefficient (Wildman–Crippen LogP) is 3.89. The van der Waals surface area contributed by atoms with Gasteiger partial charge >= 0.3 is 5.97 Å². The zero-order valence-electron chi connectivity index (χ0n) is 56.5. The smallest absolute Gasteiger partial charge is 0.326 e. The largest absolute Gasteiger partial charge is 0.451 e. The molecule has 86 heavy (non-hydrogen) atoms. The highest BCUT2D eigenvalue weighted by atomic mass is 16.5. The lowest BCUT2D eigenvalue weighted by Gasteiger charge is -2.38. The van der Waals surface area contributed by atoms with Crippen LogP contribution in [0.3, 0.4) is 0 Å². The Labute approximate surface area is 514 Å².